The first-order valence-electron chi connectivity index (χ1n) is 13.9. The number of hydrogen-bond donors (Lipinski definition) is 1. The minimum atomic E-state index is 0.313. The van der Waals surface area contributed by atoms with Crippen LogP contribution in [0.3, 0.4) is 0 Å². The number of aromatic amines is 1. The molecule has 1 aliphatic rings. The number of anilines is 1. The summed E-state index contributed by atoms with van der Waals surface area (Å²) in [6.07, 6.45) is 9.80. The van der Waals surface area contributed by atoms with Gasteiger partial charge in [-0.05, 0) is 69.8 Å². The molecule has 0 amide bonds. The van der Waals surface area contributed by atoms with Crippen LogP contribution in [0.25, 0.3) is 27.9 Å². The van der Waals surface area contributed by atoms with Crippen LogP contribution >= 0.6 is 0 Å². The molecular weight excluding hydrogens is 486 g/mol. The van der Waals surface area contributed by atoms with Crippen LogP contribution in [0.15, 0.2) is 37.1 Å². The lowest BCUT2D eigenvalue weighted by Crippen LogP contribution is -2.43. The molecule has 1 aliphatic heterocycles. The molecular formula is C30H37N9. The quantitative estimate of drug-likeness (QED) is 0.327. The van der Waals surface area contributed by atoms with Crippen molar-refractivity contribution in [2.45, 2.75) is 66.0 Å². The topological polar surface area (TPSA) is 91.1 Å². The van der Waals surface area contributed by atoms with Gasteiger partial charge in [0.05, 0.1) is 16.7 Å². The van der Waals surface area contributed by atoms with Crippen LogP contribution in [0.5, 0.6) is 0 Å². The van der Waals surface area contributed by atoms with Gasteiger partial charge < -0.3 is 9.88 Å². The van der Waals surface area contributed by atoms with Crippen LogP contribution in [0.1, 0.15) is 60.7 Å². The average Bonchev–Trinajstić information content (AvgIpc) is 3.56. The number of aryl methyl sites for hydroxylation is 2. The minimum absolute atomic E-state index is 0.313. The van der Waals surface area contributed by atoms with Gasteiger partial charge in [0, 0.05) is 61.0 Å². The molecule has 1 N–H and O–H groups in total. The van der Waals surface area contributed by atoms with Crippen molar-refractivity contribution in [1.82, 2.24) is 39.4 Å². The fourth-order valence-corrected chi connectivity index (χ4v) is 5.93. The van der Waals surface area contributed by atoms with Crippen LogP contribution in [0.2, 0.25) is 0 Å². The Labute approximate surface area is 229 Å². The van der Waals surface area contributed by atoms with E-state index in [-0.39, 0.29) is 0 Å². The standard InChI is InChI=1S/C30H37N9/c1-18(2)27-28(24-16-39-30(33-17-34-39)20(4)19(24)3)35-25-7-8-26(36-29(25)27)38-11-9-23(10-12-38)37(6)15-22-13-31-21(5)32-14-22/h7-8,13-14,16-18,23,35H,9-12,15H2,1-6H3. The lowest BCUT2D eigenvalue weighted by molar-refractivity contribution is 0.199. The maximum absolute atomic E-state index is 5.25. The van der Waals surface area contributed by atoms with Crippen LogP contribution < -0.4 is 4.90 Å². The Kier molecular flexibility index (Phi) is 6.54. The van der Waals surface area contributed by atoms with E-state index >= 15 is 0 Å². The van der Waals surface area contributed by atoms with E-state index in [1.807, 2.05) is 23.8 Å². The summed E-state index contributed by atoms with van der Waals surface area (Å²) in [6.45, 7) is 13.6. The number of fused-ring (bicyclic) bond motifs is 2. The van der Waals surface area contributed by atoms with Gasteiger partial charge in [-0.15, -0.1) is 0 Å². The second kappa shape index (κ2) is 10.0. The summed E-state index contributed by atoms with van der Waals surface area (Å²) in [5.74, 6) is 2.19. The third-order valence-corrected chi connectivity index (χ3v) is 8.32. The van der Waals surface area contributed by atoms with Gasteiger partial charge >= 0.3 is 0 Å². The number of nitrogens with zero attached hydrogens (tertiary/aromatic N) is 8. The van der Waals surface area contributed by atoms with Crippen molar-refractivity contribution in [1.29, 1.82) is 0 Å². The molecule has 6 heterocycles. The first kappa shape index (κ1) is 25.4. The van der Waals surface area contributed by atoms with E-state index in [1.165, 1.54) is 11.1 Å². The predicted octanol–water partition coefficient (Wildman–Crippen LogP) is 5.21. The lowest BCUT2D eigenvalue weighted by atomic mass is 9.95. The molecule has 0 saturated carbocycles. The Balaban J connectivity index is 1.26. The van der Waals surface area contributed by atoms with E-state index < -0.39 is 0 Å². The highest BCUT2D eigenvalue weighted by atomic mass is 15.3. The molecule has 0 aromatic carbocycles. The lowest BCUT2D eigenvalue weighted by Gasteiger charge is -2.37. The van der Waals surface area contributed by atoms with E-state index in [0.717, 1.165) is 83.2 Å². The highest BCUT2D eigenvalue weighted by molar-refractivity contribution is 5.90. The molecule has 5 aromatic rings. The molecule has 0 unspecified atom stereocenters. The molecule has 0 atom stereocenters. The van der Waals surface area contributed by atoms with Crippen molar-refractivity contribution in [3.63, 3.8) is 0 Å². The molecule has 9 nitrogen and oxygen atoms in total. The molecule has 0 aliphatic carbocycles. The van der Waals surface area contributed by atoms with Crippen LogP contribution in [-0.4, -0.2) is 65.6 Å². The Morgan fingerprint density at radius 3 is 2.49 bits per heavy atom. The zero-order chi connectivity index (χ0) is 27.3. The van der Waals surface area contributed by atoms with E-state index in [2.05, 4.69) is 87.9 Å². The first-order chi connectivity index (χ1) is 18.8. The fourth-order valence-electron chi connectivity index (χ4n) is 5.93. The van der Waals surface area contributed by atoms with Crippen molar-refractivity contribution in [2.24, 2.45) is 0 Å². The van der Waals surface area contributed by atoms with Gasteiger partial charge in [-0.1, -0.05) is 13.8 Å². The van der Waals surface area contributed by atoms with E-state index in [4.69, 9.17) is 4.98 Å². The van der Waals surface area contributed by atoms with Crippen LogP contribution in [0, 0.1) is 20.8 Å². The SMILES string of the molecule is Cc1ncc(CN(C)C2CCN(c3ccc4[nH]c(-c5cn6ncnc6c(C)c5C)c(C(C)C)c4n3)CC2)cn1. The van der Waals surface area contributed by atoms with Gasteiger partial charge in [-0.2, -0.15) is 5.10 Å². The zero-order valence-corrected chi connectivity index (χ0v) is 23.7. The number of aromatic nitrogens is 7. The van der Waals surface area contributed by atoms with Crippen molar-refractivity contribution in [3.8, 4) is 11.3 Å². The third-order valence-electron chi connectivity index (χ3n) is 8.32. The number of pyridine rings is 2. The van der Waals surface area contributed by atoms with Gasteiger partial charge in [0.1, 0.15) is 18.0 Å². The summed E-state index contributed by atoms with van der Waals surface area (Å²) in [7, 11) is 2.21. The summed E-state index contributed by atoms with van der Waals surface area (Å²) in [6, 6.07) is 4.90. The third kappa shape index (κ3) is 4.65. The molecule has 39 heavy (non-hydrogen) atoms. The molecule has 0 bridgehead atoms. The summed E-state index contributed by atoms with van der Waals surface area (Å²) < 4.78 is 1.87. The van der Waals surface area contributed by atoms with E-state index in [9.17, 15) is 0 Å². The molecule has 6 rings (SSSR count). The smallest absolute Gasteiger partial charge is 0.158 e. The zero-order valence-electron chi connectivity index (χ0n) is 23.7. The maximum atomic E-state index is 5.25. The second-order valence-electron chi connectivity index (χ2n) is 11.2. The molecule has 1 fully saturated rings. The molecule has 202 valence electrons. The van der Waals surface area contributed by atoms with Crippen molar-refractivity contribution < 1.29 is 0 Å². The number of hydrogen-bond acceptors (Lipinski definition) is 7. The maximum Gasteiger partial charge on any atom is 0.158 e. The minimum Gasteiger partial charge on any atom is -0.356 e. The molecule has 0 spiro atoms. The van der Waals surface area contributed by atoms with E-state index in [0.29, 0.717) is 12.0 Å². The number of piperidine rings is 1. The van der Waals surface area contributed by atoms with Gasteiger partial charge in [0.25, 0.3) is 0 Å². The van der Waals surface area contributed by atoms with Gasteiger partial charge in [0.15, 0.2) is 5.65 Å². The predicted molar refractivity (Wildman–Crippen MR) is 155 cm³/mol. The van der Waals surface area contributed by atoms with Crippen molar-refractivity contribution in [3.05, 3.63) is 65.1 Å². The van der Waals surface area contributed by atoms with Gasteiger partial charge in [-0.25, -0.2) is 24.5 Å². The van der Waals surface area contributed by atoms with Crippen molar-refractivity contribution >= 4 is 22.5 Å². The summed E-state index contributed by atoms with van der Waals surface area (Å²) in [5, 5.41) is 4.42. The highest BCUT2D eigenvalue weighted by Crippen LogP contribution is 2.38. The Bertz CT molecular complexity index is 1620. The van der Waals surface area contributed by atoms with Gasteiger partial charge in [-0.3, -0.25) is 4.90 Å². The Morgan fingerprint density at radius 2 is 1.77 bits per heavy atom. The summed E-state index contributed by atoms with van der Waals surface area (Å²) in [4.78, 5) is 27.0. The summed E-state index contributed by atoms with van der Waals surface area (Å²) >= 11 is 0. The fraction of sp³-hybridized carbons (Fsp3) is 0.433. The Hall–Kier alpha value is -3.85. The monoisotopic (exact) mass is 523 g/mol. The molecule has 5 aromatic heterocycles. The van der Waals surface area contributed by atoms with Crippen molar-refractivity contribution in [2.75, 3.05) is 25.0 Å². The Morgan fingerprint density at radius 1 is 1.03 bits per heavy atom. The first-order valence-corrected chi connectivity index (χ1v) is 13.9. The van der Waals surface area contributed by atoms with Gasteiger partial charge in [0.2, 0.25) is 0 Å². The largest absolute Gasteiger partial charge is 0.356 e. The second-order valence-corrected chi connectivity index (χ2v) is 11.2. The molecule has 1 saturated heterocycles. The molecule has 0 radical (unpaired) electrons. The number of H-pyrrole nitrogens is 1. The summed E-state index contributed by atoms with van der Waals surface area (Å²) in [5.41, 5.74) is 10.1. The normalized spacial score (nSPS) is 14.9. The number of rotatable bonds is 6. The van der Waals surface area contributed by atoms with E-state index in [1.54, 1.807) is 6.33 Å². The average molecular weight is 524 g/mol. The molecule has 9 heteroatoms. The number of nitrogens with one attached hydrogen (secondary N) is 1. The highest BCUT2D eigenvalue weighted by Gasteiger charge is 2.25. The van der Waals surface area contributed by atoms with Crippen LogP contribution in [-0.2, 0) is 6.54 Å². The van der Waals surface area contributed by atoms with Crippen LogP contribution in [0.4, 0.5) is 5.82 Å².